The number of carbonyl (C=O) groups is 2. The Morgan fingerprint density at radius 3 is 2.65 bits per heavy atom. The number of nitrogens with zero attached hydrogens (tertiary/aromatic N) is 6. The van der Waals surface area contributed by atoms with Gasteiger partial charge >= 0.3 is 0 Å². The molecule has 3 aromatic rings. The van der Waals surface area contributed by atoms with Gasteiger partial charge < -0.3 is 15.1 Å². The summed E-state index contributed by atoms with van der Waals surface area (Å²) < 4.78 is 1.67. The molecular weight excluding hydrogens is 477 g/mol. The Labute approximate surface area is 207 Å². The van der Waals surface area contributed by atoms with Crippen LogP contribution in [0.4, 0.5) is 5.82 Å². The van der Waals surface area contributed by atoms with Crippen molar-refractivity contribution in [3.63, 3.8) is 0 Å². The summed E-state index contributed by atoms with van der Waals surface area (Å²) in [5, 5.41) is 3.95. The number of hydrogen-bond acceptors (Lipinski definition) is 6. The molecule has 2 aromatic heterocycles. The van der Waals surface area contributed by atoms with Crippen molar-refractivity contribution in [1.82, 2.24) is 29.7 Å². The van der Waals surface area contributed by atoms with Gasteiger partial charge in [-0.2, -0.15) is 4.98 Å². The van der Waals surface area contributed by atoms with Gasteiger partial charge in [0.25, 0.3) is 0 Å². The Hall–Kier alpha value is -3.17. The Balaban J connectivity index is 1.46. The second-order valence-electron chi connectivity index (χ2n) is 8.06. The van der Waals surface area contributed by atoms with Gasteiger partial charge in [-0.3, -0.25) is 14.2 Å². The lowest BCUT2D eigenvalue weighted by Gasteiger charge is -2.41. The van der Waals surface area contributed by atoms with Gasteiger partial charge in [-0.25, -0.2) is 9.97 Å². The molecule has 1 unspecified atom stereocenters. The third kappa shape index (κ3) is 6.03. The van der Waals surface area contributed by atoms with E-state index in [4.69, 9.17) is 23.2 Å². The van der Waals surface area contributed by atoms with Crippen LogP contribution < -0.4 is 10.2 Å². The molecule has 4 rings (SSSR count). The molecule has 0 radical (unpaired) electrons. The number of hydrogen-bond donors (Lipinski definition) is 1. The molecule has 0 spiro atoms. The molecule has 1 atom stereocenters. The van der Waals surface area contributed by atoms with E-state index in [9.17, 15) is 9.59 Å². The van der Waals surface area contributed by atoms with Crippen molar-refractivity contribution in [3.8, 4) is 5.95 Å². The fraction of sp³-hybridized carbons (Fsp3) is 0.348. The summed E-state index contributed by atoms with van der Waals surface area (Å²) >= 11 is 12.2. The predicted octanol–water partition coefficient (Wildman–Crippen LogP) is 2.76. The predicted molar refractivity (Wildman–Crippen MR) is 130 cm³/mol. The largest absolute Gasteiger partial charge is 0.356 e. The molecule has 1 fully saturated rings. The van der Waals surface area contributed by atoms with E-state index in [2.05, 4.69) is 20.3 Å². The van der Waals surface area contributed by atoms with E-state index in [0.29, 0.717) is 49.4 Å². The minimum Gasteiger partial charge on any atom is -0.356 e. The van der Waals surface area contributed by atoms with Crippen LogP contribution in [0.15, 0.2) is 49.1 Å². The van der Waals surface area contributed by atoms with E-state index < -0.39 is 0 Å². The smallest absolute Gasteiger partial charge is 0.238 e. The average molecular weight is 502 g/mol. The van der Waals surface area contributed by atoms with E-state index >= 15 is 0 Å². The van der Waals surface area contributed by atoms with Gasteiger partial charge in [0.05, 0.1) is 6.04 Å². The summed E-state index contributed by atoms with van der Waals surface area (Å²) in [6.07, 6.45) is 5.87. The first-order valence-electron chi connectivity index (χ1n) is 11.0. The first-order chi connectivity index (χ1) is 16.4. The first-order valence-corrected chi connectivity index (χ1v) is 11.7. The zero-order valence-electron chi connectivity index (χ0n) is 18.7. The fourth-order valence-corrected chi connectivity index (χ4v) is 4.23. The van der Waals surface area contributed by atoms with Crippen molar-refractivity contribution in [3.05, 3.63) is 64.8 Å². The van der Waals surface area contributed by atoms with Crippen molar-refractivity contribution < 1.29 is 9.59 Å². The summed E-state index contributed by atoms with van der Waals surface area (Å²) in [7, 11) is 0. The molecule has 11 heteroatoms. The van der Waals surface area contributed by atoms with Crippen LogP contribution in [-0.4, -0.2) is 68.5 Å². The van der Waals surface area contributed by atoms with Crippen LogP contribution >= 0.6 is 23.2 Å². The van der Waals surface area contributed by atoms with Crippen molar-refractivity contribution >= 4 is 40.8 Å². The van der Waals surface area contributed by atoms with Gasteiger partial charge in [0.15, 0.2) is 0 Å². The van der Waals surface area contributed by atoms with Gasteiger partial charge in [0.1, 0.15) is 17.3 Å². The summed E-state index contributed by atoms with van der Waals surface area (Å²) in [5.41, 5.74) is 1.09. The van der Waals surface area contributed by atoms with Crippen LogP contribution in [0.5, 0.6) is 0 Å². The topological polar surface area (TPSA) is 96.2 Å². The monoisotopic (exact) mass is 501 g/mol. The molecule has 1 aliphatic heterocycles. The van der Waals surface area contributed by atoms with Crippen molar-refractivity contribution in [2.75, 3.05) is 31.1 Å². The number of halogens is 2. The third-order valence-corrected chi connectivity index (χ3v) is 6.14. The van der Waals surface area contributed by atoms with Gasteiger partial charge in [-0.15, -0.1) is 0 Å². The number of nitrogens with one attached hydrogen (secondary N) is 1. The Kier molecular flexibility index (Phi) is 7.64. The highest BCUT2D eigenvalue weighted by atomic mass is 35.5. The van der Waals surface area contributed by atoms with Crippen LogP contribution in [0.1, 0.15) is 18.9 Å². The lowest BCUT2D eigenvalue weighted by atomic mass is 10.1. The van der Waals surface area contributed by atoms with Crippen molar-refractivity contribution in [1.29, 1.82) is 0 Å². The highest BCUT2D eigenvalue weighted by Crippen LogP contribution is 2.24. The molecular formula is C23H25Cl2N7O2. The van der Waals surface area contributed by atoms with Crippen molar-refractivity contribution in [2.45, 2.75) is 25.8 Å². The normalized spacial score (nSPS) is 15.9. The Bertz CT molecular complexity index is 1140. The molecule has 1 N–H and O–H groups in total. The first kappa shape index (κ1) is 24.0. The van der Waals surface area contributed by atoms with E-state index in [1.54, 1.807) is 34.3 Å². The Morgan fingerprint density at radius 1 is 1.15 bits per heavy atom. The molecule has 0 bridgehead atoms. The van der Waals surface area contributed by atoms with Gasteiger partial charge in [0, 0.05) is 63.0 Å². The van der Waals surface area contributed by atoms with E-state index in [0.717, 1.165) is 5.56 Å². The highest BCUT2D eigenvalue weighted by Gasteiger charge is 2.31. The molecule has 34 heavy (non-hydrogen) atoms. The maximum atomic E-state index is 12.8. The number of piperazine rings is 1. The van der Waals surface area contributed by atoms with Gasteiger partial charge in [-0.05, 0) is 24.1 Å². The van der Waals surface area contributed by atoms with Crippen LogP contribution in [0.3, 0.4) is 0 Å². The van der Waals surface area contributed by atoms with Crippen molar-refractivity contribution in [2.24, 2.45) is 0 Å². The second kappa shape index (κ2) is 10.8. The SMILES string of the molecule is CC(=O)N1CCN(c2cc(Cl)nc(-n3ccnc3)n2)C(CC(=O)NCCc2ccc(Cl)cc2)C1. The molecule has 0 aliphatic carbocycles. The molecule has 1 aliphatic rings. The van der Waals surface area contributed by atoms with E-state index in [1.165, 1.54) is 6.92 Å². The minimum absolute atomic E-state index is 0.0207. The van der Waals surface area contributed by atoms with Gasteiger partial charge in [0.2, 0.25) is 17.8 Å². The number of aromatic nitrogens is 4. The number of rotatable bonds is 7. The van der Waals surface area contributed by atoms with Crippen LogP contribution in [0, 0.1) is 0 Å². The third-order valence-electron chi connectivity index (χ3n) is 5.70. The highest BCUT2D eigenvalue weighted by molar-refractivity contribution is 6.30. The molecule has 2 amide bonds. The summed E-state index contributed by atoms with van der Waals surface area (Å²) in [5.74, 6) is 0.878. The number of amides is 2. The molecule has 1 aromatic carbocycles. The zero-order chi connectivity index (χ0) is 24.1. The maximum absolute atomic E-state index is 12.8. The number of benzene rings is 1. The summed E-state index contributed by atoms with van der Waals surface area (Å²) in [4.78, 5) is 41.5. The molecule has 0 saturated carbocycles. The lowest BCUT2D eigenvalue weighted by molar-refractivity contribution is -0.130. The number of imidazole rings is 1. The van der Waals surface area contributed by atoms with E-state index in [1.807, 2.05) is 29.2 Å². The van der Waals surface area contributed by atoms with Crippen LogP contribution in [0.2, 0.25) is 10.2 Å². The number of carbonyl (C=O) groups excluding carboxylic acids is 2. The maximum Gasteiger partial charge on any atom is 0.238 e. The standard InChI is InChI=1S/C23H25Cl2N7O2/c1-16(33)30-10-11-32(21-13-20(25)28-23(29-21)31-9-8-26-15-31)19(14-30)12-22(34)27-7-6-17-2-4-18(24)5-3-17/h2-5,8-9,13,15,19H,6-7,10-12,14H2,1H3,(H,27,34). The van der Waals surface area contributed by atoms with E-state index in [-0.39, 0.29) is 29.4 Å². The Morgan fingerprint density at radius 2 is 1.94 bits per heavy atom. The number of anilines is 1. The zero-order valence-corrected chi connectivity index (χ0v) is 20.2. The summed E-state index contributed by atoms with van der Waals surface area (Å²) in [6.45, 7) is 3.53. The minimum atomic E-state index is -0.255. The molecule has 178 valence electrons. The molecule has 9 nitrogen and oxygen atoms in total. The lowest BCUT2D eigenvalue weighted by Crippen LogP contribution is -2.56. The second-order valence-corrected chi connectivity index (χ2v) is 8.89. The van der Waals surface area contributed by atoms with Crippen LogP contribution in [-0.2, 0) is 16.0 Å². The van der Waals surface area contributed by atoms with Crippen LogP contribution in [0.25, 0.3) is 5.95 Å². The quantitative estimate of drug-likeness (QED) is 0.500. The fourth-order valence-electron chi connectivity index (χ4n) is 3.94. The molecule has 3 heterocycles. The summed E-state index contributed by atoms with van der Waals surface area (Å²) in [6, 6.07) is 8.98. The average Bonchev–Trinajstić information content (AvgIpc) is 3.35. The molecule has 1 saturated heterocycles. The van der Waals surface area contributed by atoms with Gasteiger partial charge in [-0.1, -0.05) is 35.3 Å².